The Bertz CT molecular complexity index is 360. The van der Waals surface area contributed by atoms with Gasteiger partial charge in [-0.3, -0.25) is 0 Å². The maximum absolute atomic E-state index is 11.2. The molecule has 0 aliphatic carbocycles. The minimum atomic E-state index is -0.367. The summed E-state index contributed by atoms with van der Waals surface area (Å²) in [6, 6.07) is 3.76. The van der Waals surface area contributed by atoms with Crippen LogP contribution in [0.1, 0.15) is 36.5 Å². The van der Waals surface area contributed by atoms with Crippen molar-refractivity contribution in [1.29, 1.82) is 0 Å². The number of H-pyrrole nitrogens is 1. The average Bonchev–Trinajstić information content (AvgIpc) is 2.73. The molecule has 0 saturated carbocycles. The summed E-state index contributed by atoms with van der Waals surface area (Å²) in [6.07, 6.45) is 0.386. The van der Waals surface area contributed by atoms with Gasteiger partial charge in [0.25, 0.3) is 0 Å². The van der Waals surface area contributed by atoms with Gasteiger partial charge < -0.3 is 20.1 Å². The lowest BCUT2D eigenvalue weighted by Crippen LogP contribution is -2.28. The first kappa shape index (κ1) is 13.7. The number of ether oxygens (including phenoxy) is 1. The van der Waals surface area contributed by atoms with E-state index in [1.165, 1.54) is 7.11 Å². The van der Waals surface area contributed by atoms with Gasteiger partial charge in [-0.1, -0.05) is 0 Å². The van der Waals surface area contributed by atoms with E-state index in [-0.39, 0.29) is 18.1 Å². The van der Waals surface area contributed by atoms with Gasteiger partial charge in [0.2, 0.25) is 0 Å². The number of hydrogen-bond acceptors (Lipinski definition) is 4. The third-order valence-electron chi connectivity index (χ3n) is 2.49. The summed E-state index contributed by atoms with van der Waals surface area (Å²) in [7, 11) is 1.35. The molecular formula is C12H20N2O3. The van der Waals surface area contributed by atoms with Crippen LogP contribution in [-0.2, 0) is 11.3 Å². The van der Waals surface area contributed by atoms with Gasteiger partial charge >= 0.3 is 5.97 Å². The second-order valence-corrected chi connectivity index (χ2v) is 4.26. The molecule has 0 spiro atoms. The molecule has 2 unspecified atom stereocenters. The number of carbonyl (C=O) groups excluding carboxylic acids is 1. The zero-order valence-electron chi connectivity index (χ0n) is 10.5. The van der Waals surface area contributed by atoms with Gasteiger partial charge in [0.05, 0.1) is 13.2 Å². The predicted octanol–water partition coefficient (Wildman–Crippen LogP) is 1.05. The van der Waals surface area contributed by atoms with Crippen LogP contribution in [0.4, 0.5) is 0 Å². The Hall–Kier alpha value is -1.33. The number of aromatic nitrogens is 1. The number of aliphatic hydroxyl groups is 1. The van der Waals surface area contributed by atoms with E-state index in [1.807, 2.05) is 13.0 Å². The van der Waals surface area contributed by atoms with E-state index in [9.17, 15) is 9.90 Å². The molecule has 0 aliphatic rings. The first-order valence-corrected chi connectivity index (χ1v) is 5.70. The molecule has 0 fully saturated rings. The molecule has 5 heteroatoms. The van der Waals surface area contributed by atoms with Gasteiger partial charge in [0, 0.05) is 18.3 Å². The number of aromatic amines is 1. The van der Waals surface area contributed by atoms with E-state index in [0.717, 1.165) is 5.69 Å². The Kier molecular flexibility index (Phi) is 5.18. The van der Waals surface area contributed by atoms with Gasteiger partial charge in [-0.05, 0) is 32.4 Å². The Morgan fingerprint density at radius 3 is 2.82 bits per heavy atom. The van der Waals surface area contributed by atoms with Crippen LogP contribution in [0.3, 0.4) is 0 Å². The van der Waals surface area contributed by atoms with Crippen LogP contribution in [0.15, 0.2) is 12.1 Å². The molecule has 5 nitrogen and oxygen atoms in total. The molecule has 1 rings (SSSR count). The minimum Gasteiger partial charge on any atom is -0.464 e. The fourth-order valence-electron chi connectivity index (χ4n) is 1.65. The van der Waals surface area contributed by atoms with E-state index in [2.05, 4.69) is 15.0 Å². The normalized spacial score (nSPS) is 14.4. The SMILES string of the molecule is COC(=O)c1ccc(CNC(C)CC(C)O)[nH]1. The number of rotatable bonds is 6. The van der Waals surface area contributed by atoms with Crippen molar-refractivity contribution in [2.75, 3.05) is 7.11 Å². The average molecular weight is 240 g/mol. The summed E-state index contributed by atoms with van der Waals surface area (Å²) in [5, 5.41) is 12.5. The van der Waals surface area contributed by atoms with Crippen molar-refractivity contribution >= 4 is 5.97 Å². The summed E-state index contributed by atoms with van der Waals surface area (Å²) in [6.45, 7) is 4.41. The van der Waals surface area contributed by atoms with E-state index in [4.69, 9.17) is 0 Å². The Balaban J connectivity index is 2.42. The highest BCUT2D eigenvalue weighted by molar-refractivity contribution is 5.87. The topological polar surface area (TPSA) is 74.3 Å². The fourth-order valence-corrected chi connectivity index (χ4v) is 1.65. The molecule has 0 aliphatic heterocycles. The second kappa shape index (κ2) is 6.42. The largest absolute Gasteiger partial charge is 0.464 e. The second-order valence-electron chi connectivity index (χ2n) is 4.26. The number of nitrogens with one attached hydrogen (secondary N) is 2. The lowest BCUT2D eigenvalue weighted by molar-refractivity contribution is 0.0594. The summed E-state index contributed by atoms with van der Waals surface area (Å²) in [5.74, 6) is -0.367. The first-order chi connectivity index (χ1) is 8.02. The fraction of sp³-hybridized carbons (Fsp3) is 0.583. The molecule has 1 aromatic rings. The Labute approximate surface area is 101 Å². The number of aliphatic hydroxyl groups excluding tert-OH is 1. The minimum absolute atomic E-state index is 0.222. The molecular weight excluding hydrogens is 220 g/mol. The van der Waals surface area contributed by atoms with Crippen LogP contribution in [0.2, 0.25) is 0 Å². The first-order valence-electron chi connectivity index (χ1n) is 5.70. The molecule has 0 aromatic carbocycles. The van der Waals surface area contributed by atoms with Crippen LogP contribution < -0.4 is 5.32 Å². The standard InChI is InChI=1S/C12H20N2O3/c1-8(6-9(2)15)13-7-10-4-5-11(14-10)12(16)17-3/h4-5,8-9,13-15H,6-7H2,1-3H3. The molecule has 96 valence electrons. The maximum atomic E-state index is 11.2. The summed E-state index contributed by atoms with van der Waals surface area (Å²) in [5.41, 5.74) is 1.37. The van der Waals surface area contributed by atoms with Crippen LogP contribution in [0.5, 0.6) is 0 Å². The lowest BCUT2D eigenvalue weighted by atomic mass is 10.1. The molecule has 3 N–H and O–H groups in total. The monoisotopic (exact) mass is 240 g/mol. The number of carbonyl (C=O) groups is 1. The highest BCUT2D eigenvalue weighted by Gasteiger charge is 2.09. The van der Waals surface area contributed by atoms with Crippen molar-refractivity contribution in [3.05, 3.63) is 23.5 Å². The highest BCUT2D eigenvalue weighted by Crippen LogP contribution is 2.04. The summed E-state index contributed by atoms with van der Waals surface area (Å²) in [4.78, 5) is 14.2. The van der Waals surface area contributed by atoms with E-state index in [0.29, 0.717) is 18.7 Å². The van der Waals surface area contributed by atoms with Crippen molar-refractivity contribution in [3.63, 3.8) is 0 Å². The van der Waals surface area contributed by atoms with Crippen LogP contribution in [0.25, 0.3) is 0 Å². The van der Waals surface area contributed by atoms with Crippen molar-refractivity contribution in [3.8, 4) is 0 Å². The lowest BCUT2D eigenvalue weighted by Gasteiger charge is -2.14. The van der Waals surface area contributed by atoms with E-state index >= 15 is 0 Å². The van der Waals surface area contributed by atoms with Gasteiger partial charge in [-0.25, -0.2) is 4.79 Å². The summed E-state index contributed by atoms with van der Waals surface area (Å²) >= 11 is 0. The van der Waals surface area contributed by atoms with Crippen molar-refractivity contribution in [1.82, 2.24) is 10.3 Å². The van der Waals surface area contributed by atoms with Gasteiger partial charge in [-0.15, -0.1) is 0 Å². The Morgan fingerprint density at radius 2 is 2.24 bits per heavy atom. The van der Waals surface area contributed by atoms with Gasteiger partial charge in [0.1, 0.15) is 5.69 Å². The molecule has 0 saturated heterocycles. The number of hydrogen-bond donors (Lipinski definition) is 3. The number of methoxy groups -OCH3 is 1. The molecule has 0 amide bonds. The molecule has 1 heterocycles. The zero-order valence-corrected chi connectivity index (χ0v) is 10.5. The van der Waals surface area contributed by atoms with Crippen LogP contribution in [-0.4, -0.2) is 35.3 Å². The third kappa shape index (κ3) is 4.58. The maximum Gasteiger partial charge on any atom is 0.354 e. The van der Waals surface area contributed by atoms with Crippen LogP contribution >= 0.6 is 0 Å². The van der Waals surface area contributed by atoms with Crippen molar-refractivity contribution < 1.29 is 14.6 Å². The van der Waals surface area contributed by atoms with Crippen molar-refractivity contribution in [2.45, 2.75) is 39.0 Å². The van der Waals surface area contributed by atoms with Crippen LogP contribution in [0, 0.1) is 0 Å². The number of esters is 1. The molecule has 1 aromatic heterocycles. The summed E-state index contributed by atoms with van der Waals surface area (Å²) < 4.78 is 4.60. The molecule has 17 heavy (non-hydrogen) atoms. The third-order valence-corrected chi connectivity index (χ3v) is 2.49. The molecule has 0 radical (unpaired) electrons. The van der Waals surface area contributed by atoms with Gasteiger partial charge in [0.15, 0.2) is 0 Å². The molecule has 0 bridgehead atoms. The highest BCUT2D eigenvalue weighted by atomic mass is 16.5. The van der Waals surface area contributed by atoms with E-state index in [1.54, 1.807) is 13.0 Å². The predicted molar refractivity (Wildman–Crippen MR) is 64.7 cm³/mol. The molecule has 2 atom stereocenters. The zero-order chi connectivity index (χ0) is 12.8. The van der Waals surface area contributed by atoms with Crippen molar-refractivity contribution in [2.24, 2.45) is 0 Å². The van der Waals surface area contributed by atoms with E-state index < -0.39 is 0 Å². The van der Waals surface area contributed by atoms with Gasteiger partial charge in [-0.2, -0.15) is 0 Å². The quantitative estimate of drug-likeness (QED) is 0.650. The Morgan fingerprint density at radius 1 is 1.53 bits per heavy atom. The smallest absolute Gasteiger partial charge is 0.354 e.